The van der Waals surface area contributed by atoms with E-state index in [2.05, 4.69) is 9.97 Å². The summed E-state index contributed by atoms with van der Waals surface area (Å²) < 4.78 is 1.33. The van der Waals surface area contributed by atoms with Crippen LogP contribution in [-0.2, 0) is 7.05 Å². The average molecular weight is 304 g/mol. The number of nitrogens with zero attached hydrogens (tertiary/aromatic N) is 2. The largest absolute Gasteiger partial charge is 0.328 e. The lowest BCUT2D eigenvalue weighted by atomic mass is 10.3. The van der Waals surface area contributed by atoms with Crippen molar-refractivity contribution < 1.29 is 0 Å². The second kappa shape index (κ2) is 4.75. The molecule has 0 bridgehead atoms. The molecular formula is C9H10BrN3O2S. The zero-order valence-electron chi connectivity index (χ0n) is 8.68. The maximum absolute atomic E-state index is 11.5. The van der Waals surface area contributed by atoms with Crippen LogP contribution >= 0.6 is 28.3 Å². The van der Waals surface area contributed by atoms with Crippen LogP contribution in [0, 0.1) is 6.92 Å². The topological polar surface area (TPSA) is 67.8 Å². The Hall–Kier alpha value is -1.21. The minimum Gasteiger partial charge on any atom is -0.303 e. The fourth-order valence-electron chi connectivity index (χ4n) is 1.19. The number of thiazole rings is 1. The Labute approximate surface area is 106 Å². The lowest BCUT2D eigenvalue weighted by Crippen LogP contribution is -2.28. The van der Waals surface area contributed by atoms with E-state index in [-0.39, 0.29) is 17.0 Å². The van der Waals surface area contributed by atoms with E-state index >= 15 is 0 Å². The van der Waals surface area contributed by atoms with Crippen molar-refractivity contribution in [2.75, 3.05) is 0 Å². The summed E-state index contributed by atoms with van der Waals surface area (Å²) in [6.07, 6.45) is 1.50. The number of hydrogen-bond donors (Lipinski definition) is 1. The third kappa shape index (κ3) is 2.30. The molecule has 7 heteroatoms. The molecule has 2 rings (SSSR count). The minimum atomic E-state index is -0.419. The maximum Gasteiger partial charge on any atom is 0.328 e. The molecule has 0 spiro atoms. The molecule has 2 aromatic rings. The van der Waals surface area contributed by atoms with Crippen LogP contribution < -0.4 is 11.2 Å². The molecule has 86 valence electrons. The third-order valence-corrected chi connectivity index (χ3v) is 2.95. The molecule has 0 aliphatic rings. The Morgan fingerprint density at radius 2 is 2.12 bits per heavy atom. The molecular weight excluding hydrogens is 294 g/mol. The van der Waals surface area contributed by atoms with Gasteiger partial charge in [-0.25, -0.2) is 9.78 Å². The number of aromatic nitrogens is 3. The normalized spacial score (nSPS) is 9.88. The fraction of sp³-hybridized carbons (Fsp3) is 0.222. The van der Waals surface area contributed by atoms with Gasteiger partial charge in [0.25, 0.3) is 5.56 Å². The predicted octanol–water partition coefficient (Wildman–Crippen LogP) is 1.08. The number of aromatic amines is 1. The van der Waals surface area contributed by atoms with Crippen LogP contribution in [0.3, 0.4) is 0 Å². The van der Waals surface area contributed by atoms with E-state index in [1.807, 2.05) is 12.3 Å². The molecule has 0 aliphatic carbocycles. The van der Waals surface area contributed by atoms with Crippen LogP contribution in [0.1, 0.15) is 5.69 Å². The van der Waals surface area contributed by atoms with E-state index in [1.165, 1.54) is 22.1 Å². The zero-order valence-corrected chi connectivity index (χ0v) is 11.2. The first-order valence-corrected chi connectivity index (χ1v) is 5.18. The molecule has 0 aromatic carbocycles. The van der Waals surface area contributed by atoms with Crippen molar-refractivity contribution in [2.45, 2.75) is 6.92 Å². The SMILES string of the molecule is Br.Cc1csc(-c2cn(C)c(=O)[nH]c2=O)n1. The number of nitrogens with one attached hydrogen (secondary N) is 1. The Balaban J connectivity index is 0.00000128. The van der Waals surface area contributed by atoms with E-state index in [9.17, 15) is 9.59 Å². The Morgan fingerprint density at radius 1 is 1.44 bits per heavy atom. The summed E-state index contributed by atoms with van der Waals surface area (Å²) in [5.74, 6) is 0. The molecule has 0 saturated heterocycles. The lowest BCUT2D eigenvalue weighted by molar-refractivity contribution is 0.802. The minimum absolute atomic E-state index is 0. The predicted molar refractivity (Wildman–Crippen MR) is 68.5 cm³/mol. The summed E-state index contributed by atoms with van der Waals surface area (Å²) in [5, 5.41) is 2.49. The van der Waals surface area contributed by atoms with Crippen LogP contribution in [0.15, 0.2) is 21.2 Å². The molecule has 0 saturated carbocycles. The number of halogens is 1. The highest BCUT2D eigenvalue weighted by molar-refractivity contribution is 8.93. The van der Waals surface area contributed by atoms with Gasteiger partial charge in [-0.3, -0.25) is 9.78 Å². The number of aryl methyl sites for hydroxylation is 2. The molecule has 0 fully saturated rings. The molecule has 0 aliphatic heterocycles. The van der Waals surface area contributed by atoms with Gasteiger partial charge in [0.1, 0.15) is 5.01 Å². The highest BCUT2D eigenvalue weighted by Crippen LogP contribution is 2.18. The van der Waals surface area contributed by atoms with Crippen LogP contribution in [0.25, 0.3) is 10.6 Å². The van der Waals surface area contributed by atoms with Gasteiger partial charge in [0, 0.05) is 24.3 Å². The van der Waals surface area contributed by atoms with Gasteiger partial charge in [0.05, 0.1) is 5.56 Å². The van der Waals surface area contributed by atoms with E-state index < -0.39 is 11.2 Å². The van der Waals surface area contributed by atoms with Crippen LogP contribution in [0.4, 0.5) is 0 Å². The third-order valence-electron chi connectivity index (χ3n) is 1.96. The Morgan fingerprint density at radius 3 is 2.69 bits per heavy atom. The van der Waals surface area contributed by atoms with Crippen LogP contribution in [-0.4, -0.2) is 14.5 Å². The summed E-state index contributed by atoms with van der Waals surface area (Å²) >= 11 is 1.38. The quantitative estimate of drug-likeness (QED) is 0.857. The van der Waals surface area contributed by atoms with Crippen molar-refractivity contribution in [3.8, 4) is 10.6 Å². The van der Waals surface area contributed by atoms with E-state index in [0.29, 0.717) is 10.6 Å². The van der Waals surface area contributed by atoms with Gasteiger partial charge in [-0.05, 0) is 6.92 Å². The Bertz CT molecular complexity index is 614. The summed E-state index contributed by atoms with van der Waals surface area (Å²) in [4.78, 5) is 29.0. The molecule has 0 radical (unpaired) electrons. The molecule has 1 N–H and O–H groups in total. The molecule has 16 heavy (non-hydrogen) atoms. The highest BCUT2D eigenvalue weighted by atomic mass is 79.9. The van der Waals surface area contributed by atoms with Gasteiger partial charge >= 0.3 is 5.69 Å². The summed E-state index contributed by atoms with van der Waals surface area (Å²) in [7, 11) is 1.59. The van der Waals surface area contributed by atoms with Gasteiger partial charge < -0.3 is 4.57 Å². The van der Waals surface area contributed by atoms with E-state index in [0.717, 1.165) is 5.69 Å². The van der Waals surface area contributed by atoms with Crippen LogP contribution in [0.2, 0.25) is 0 Å². The summed E-state index contributed by atoms with van der Waals surface area (Å²) in [5.41, 5.74) is 0.475. The van der Waals surface area contributed by atoms with Crippen LogP contribution in [0.5, 0.6) is 0 Å². The number of rotatable bonds is 1. The van der Waals surface area contributed by atoms with E-state index in [1.54, 1.807) is 7.05 Å². The second-order valence-electron chi connectivity index (χ2n) is 3.21. The summed E-state index contributed by atoms with van der Waals surface area (Å²) in [6, 6.07) is 0. The van der Waals surface area contributed by atoms with E-state index in [4.69, 9.17) is 0 Å². The zero-order chi connectivity index (χ0) is 11.0. The molecule has 0 amide bonds. The van der Waals surface area contributed by atoms with Crippen molar-refractivity contribution in [3.63, 3.8) is 0 Å². The highest BCUT2D eigenvalue weighted by Gasteiger charge is 2.08. The standard InChI is InChI=1S/C9H9N3O2S.BrH/c1-5-4-15-8(10-5)6-3-12(2)9(14)11-7(6)13;/h3-4H,1-2H3,(H,11,13,14);1H. The first-order chi connectivity index (χ1) is 7.08. The molecule has 2 aromatic heterocycles. The Kier molecular flexibility index (Phi) is 3.82. The lowest BCUT2D eigenvalue weighted by Gasteiger charge is -1.98. The van der Waals surface area contributed by atoms with Gasteiger partial charge in [-0.15, -0.1) is 28.3 Å². The number of hydrogen-bond acceptors (Lipinski definition) is 4. The van der Waals surface area contributed by atoms with Crippen molar-refractivity contribution in [1.29, 1.82) is 0 Å². The fourth-order valence-corrected chi connectivity index (χ4v) is 2.00. The van der Waals surface area contributed by atoms with Crippen molar-refractivity contribution in [2.24, 2.45) is 7.05 Å². The molecule has 2 heterocycles. The molecule has 0 unspecified atom stereocenters. The first-order valence-electron chi connectivity index (χ1n) is 4.30. The van der Waals surface area contributed by atoms with Gasteiger partial charge in [-0.2, -0.15) is 0 Å². The maximum atomic E-state index is 11.5. The monoisotopic (exact) mass is 303 g/mol. The van der Waals surface area contributed by atoms with Crippen molar-refractivity contribution in [1.82, 2.24) is 14.5 Å². The van der Waals surface area contributed by atoms with Crippen molar-refractivity contribution in [3.05, 3.63) is 38.1 Å². The van der Waals surface area contributed by atoms with Crippen molar-refractivity contribution >= 4 is 28.3 Å². The molecule has 0 atom stereocenters. The summed E-state index contributed by atoms with van der Waals surface area (Å²) in [6.45, 7) is 1.86. The second-order valence-corrected chi connectivity index (χ2v) is 4.07. The van der Waals surface area contributed by atoms with Gasteiger partial charge in [0.15, 0.2) is 0 Å². The number of H-pyrrole nitrogens is 1. The average Bonchev–Trinajstić information content (AvgIpc) is 2.58. The molecule has 5 nitrogen and oxygen atoms in total. The smallest absolute Gasteiger partial charge is 0.303 e. The van der Waals surface area contributed by atoms with Gasteiger partial charge in [0.2, 0.25) is 0 Å². The van der Waals surface area contributed by atoms with Gasteiger partial charge in [-0.1, -0.05) is 0 Å². The first kappa shape index (κ1) is 12.9.